The second-order valence-corrected chi connectivity index (χ2v) is 7.33. The Labute approximate surface area is 118 Å². The summed E-state index contributed by atoms with van der Waals surface area (Å²) >= 11 is 1.98. The molecule has 0 radical (unpaired) electrons. The number of benzene rings is 1. The van der Waals surface area contributed by atoms with Crippen molar-refractivity contribution in [1.29, 1.82) is 5.26 Å². The molecule has 1 heterocycles. The van der Waals surface area contributed by atoms with E-state index in [9.17, 15) is 4.39 Å². The summed E-state index contributed by atoms with van der Waals surface area (Å²) in [6.45, 7) is 7.08. The van der Waals surface area contributed by atoms with Gasteiger partial charge in [-0.05, 0) is 19.0 Å². The Morgan fingerprint density at radius 1 is 1.42 bits per heavy atom. The van der Waals surface area contributed by atoms with E-state index in [0.717, 1.165) is 25.3 Å². The summed E-state index contributed by atoms with van der Waals surface area (Å²) in [4.78, 5) is 2.28. The van der Waals surface area contributed by atoms with E-state index in [1.807, 2.05) is 17.8 Å². The predicted octanol–water partition coefficient (Wildman–Crippen LogP) is 3.41. The van der Waals surface area contributed by atoms with Crippen LogP contribution in [0.1, 0.15) is 31.4 Å². The second kappa shape index (κ2) is 5.94. The minimum absolute atomic E-state index is 0.141. The standard InChI is InChI=1S/C15H19FN2S/c1-15(2)6-7-18(8-9-19-15)11-13-5-3-4-12(10-17)14(13)16/h3-5H,6-9,11H2,1-2H3. The number of hydrogen-bond acceptors (Lipinski definition) is 3. The Balaban J connectivity index is 2.08. The van der Waals surface area contributed by atoms with Crippen molar-refractivity contribution in [2.75, 3.05) is 18.8 Å². The molecule has 0 amide bonds. The van der Waals surface area contributed by atoms with E-state index in [1.165, 1.54) is 6.07 Å². The van der Waals surface area contributed by atoms with Gasteiger partial charge in [-0.1, -0.05) is 26.0 Å². The molecule has 0 spiro atoms. The predicted molar refractivity (Wildman–Crippen MR) is 77.5 cm³/mol. The zero-order valence-corrected chi connectivity index (χ0v) is 12.3. The molecule has 1 aromatic rings. The summed E-state index contributed by atoms with van der Waals surface area (Å²) < 4.78 is 14.3. The lowest BCUT2D eigenvalue weighted by Gasteiger charge is -2.22. The quantitative estimate of drug-likeness (QED) is 0.829. The fraction of sp³-hybridized carbons (Fsp3) is 0.533. The third kappa shape index (κ3) is 3.71. The molecule has 0 unspecified atom stereocenters. The van der Waals surface area contributed by atoms with Crippen LogP contribution >= 0.6 is 11.8 Å². The van der Waals surface area contributed by atoms with Crippen molar-refractivity contribution < 1.29 is 4.39 Å². The van der Waals surface area contributed by atoms with E-state index < -0.39 is 0 Å². The Morgan fingerprint density at radius 2 is 2.21 bits per heavy atom. The van der Waals surface area contributed by atoms with E-state index in [-0.39, 0.29) is 11.4 Å². The summed E-state index contributed by atoms with van der Waals surface area (Å²) in [6, 6.07) is 6.96. The molecule has 1 aromatic carbocycles. The van der Waals surface area contributed by atoms with Crippen molar-refractivity contribution in [2.24, 2.45) is 0 Å². The summed E-state index contributed by atoms with van der Waals surface area (Å²) in [5.74, 6) is 0.716. The van der Waals surface area contributed by atoms with Crippen molar-refractivity contribution >= 4 is 11.8 Å². The lowest BCUT2D eigenvalue weighted by Crippen LogP contribution is -2.27. The number of nitriles is 1. The van der Waals surface area contributed by atoms with E-state index in [0.29, 0.717) is 16.9 Å². The van der Waals surface area contributed by atoms with Crippen LogP contribution in [0.25, 0.3) is 0 Å². The first-order valence-corrected chi connectivity index (χ1v) is 7.54. The minimum Gasteiger partial charge on any atom is -0.298 e. The highest BCUT2D eigenvalue weighted by Crippen LogP contribution is 2.31. The monoisotopic (exact) mass is 278 g/mol. The first kappa shape index (κ1) is 14.4. The lowest BCUT2D eigenvalue weighted by molar-refractivity contribution is 0.272. The Kier molecular flexibility index (Phi) is 4.49. The van der Waals surface area contributed by atoms with Crippen LogP contribution in [0.5, 0.6) is 0 Å². The Bertz CT molecular complexity index is 493. The molecule has 1 aliphatic rings. The number of nitrogens with zero attached hydrogens (tertiary/aromatic N) is 2. The molecule has 19 heavy (non-hydrogen) atoms. The van der Waals surface area contributed by atoms with Gasteiger partial charge in [-0.3, -0.25) is 4.90 Å². The van der Waals surface area contributed by atoms with Crippen molar-refractivity contribution in [3.63, 3.8) is 0 Å². The molecule has 1 saturated heterocycles. The average molecular weight is 278 g/mol. The smallest absolute Gasteiger partial charge is 0.145 e. The van der Waals surface area contributed by atoms with Gasteiger partial charge in [0.1, 0.15) is 11.9 Å². The molecule has 1 aliphatic heterocycles. The third-order valence-corrected chi connectivity index (χ3v) is 4.90. The SMILES string of the molecule is CC1(C)CCN(Cc2cccc(C#N)c2F)CCS1. The van der Waals surface area contributed by atoms with Gasteiger partial charge in [-0.2, -0.15) is 17.0 Å². The fourth-order valence-corrected chi connectivity index (χ4v) is 3.39. The summed E-state index contributed by atoms with van der Waals surface area (Å²) in [6.07, 6.45) is 1.11. The molecule has 0 bridgehead atoms. The van der Waals surface area contributed by atoms with Gasteiger partial charge in [0, 0.05) is 29.2 Å². The topological polar surface area (TPSA) is 27.0 Å². The summed E-state index contributed by atoms with van der Waals surface area (Å²) in [5.41, 5.74) is 0.769. The highest BCUT2D eigenvalue weighted by Gasteiger charge is 2.24. The van der Waals surface area contributed by atoms with E-state index in [1.54, 1.807) is 12.1 Å². The Hall–Kier alpha value is -1.05. The van der Waals surface area contributed by atoms with Crippen molar-refractivity contribution in [3.05, 3.63) is 35.1 Å². The third-order valence-electron chi connectivity index (χ3n) is 3.52. The molecule has 102 valence electrons. The van der Waals surface area contributed by atoms with Crippen molar-refractivity contribution in [1.82, 2.24) is 4.90 Å². The van der Waals surface area contributed by atoms with Crippen LogP contribution in [0.15, 0.2) is 18.2 Å². The van der Waals surface area contributed by atoms with Crippen LogP contribution in [0.2, 0.25) is 0 Å². The first-order chi connectivity index (χ1) is 9.02. The molecule has 2 rings (SSSR count). The largest absolute Gasteiger partial charge is 0.298 e. The molecular weight excluding hydrogens is 259 g/mol. The molecule has 4 heteroatoms. The molecule has 0 atom stereocenters. The molecule has 0 aromatic heterocycles. The summed E-state index contributed by atoms with van der Waals surface area (Å²) in [7, 11) is 0. The van der Waals surface area contributed by atoms with Gasteiger partial charge in [0.15, 0.2) is 0 Å². The van der Waals surface area contributed by atoms with E-state index in [2.05, 4.69) is 18.7 Å². The highest BCUT2D eigenvalue weighted by atomic mass is 32.2. The molecule has 0 aliphatic carbocycles. The zero-order chi connectivity index (χ0) is 13.9. The van der Waals surface area contributed by atoms with E-state index in [4.69, 9.17) is 5.26 Å². The maximum absolute atomic E-state index is 14.0. The number of thioether (sulfide) groups is 1. The van der Waals surface area contributed by atoms with Crippen molar-refractivity contribution in [3.8, 4) is 6.07 Å². The Morgan fingerprint density at radius 3 is 2.95 bits per heavy atom. The van der Waals surface area contributed by atoms with E-state index >= 15 is 0 Å². The van der Waals surface area contributed by atoms with Crippen LogP contribution in [0.4, 0.5) is 4.39 Å². The number of hydrogen-bond donors (Lipinski definition) is 0. The normalized spacial score (nSPS) is 19.7. The molecular formula is C15H19FN2S. The minimum atomic E-state index is -0.360. The summed E-state index contributed by atoms with van der Waals surface area (Å²) in [5, 5.41) is 8.86. The maximum Gasteiger partial charge on any atom is 0.145 e. The van der Waals surface area contributed by atoms with Gasteiger partial charge < -0.3 is 0 Å². The van der Waals surface area contributed by atoms with Crippen LogP contribution in [-0.4, -0.2) is 28.5 Å². The second-order valence-electron chi connectivity index (χ2n) is 5.52. The molecule has 0 N–H and O–H groups in total. The molecule has 1 fully saturated rings. The van der Waals surface area contributed by atoms with Gasteiger partial charge in [0.25, 0.3) is 0 Å². The van der Waals surface area contributed by atoms with Gasteiger partial charge in [0.05, 0.1) is 5.56 Å². The lowest BCUT2D eigenvalue weighted by atomic mass is 10.1. The van der Waals surface area contributed by atoms with Gasteiger partial charge >= 0.3 is 0 Å². The number of halogens is 1. The van der Waals surface area contributed by atoms with Gasteiger partial charge in [-0.15, -0.1) is 0 Å². The van der Waals surface area contributed by atoms with Gasteiger partial charge in [-0.25, -0.2) is 4.39 Å². The zero-order valence-electron chi connectivity index (χ0n) is 11.4. The van der Waals surface area contributed by atoms with Crippen molar-refractivity contribution in [2.45, 2.75) is 31.6 Å². The first-order valence-electron chi connectivity index (χ1n) is 6.56. The van der Waals surface area contributed by atoms with Crippen LogP contribution in [0.3, 0.4) is 0 Å². The molecule has 2 nitrogen and oxygen atoms in total. The van der Waals surface area contributed by atoms with Crippen LogP contribution in [-0.2, 0) is 6.54 Å². The van der Waals surface area contributed by atoms with Gasteiger partial charge in [0.2, 0.25) is 0 Å². The number of rotatable bonds is 2. The average Bonchev–Trinajstić information content (AvgIpc) is 2.54. The van der Waals surface area contributed by atoms with Crippen LogP contribution in [0, 0.1) is 17.1 Å². The maximum atomic E-state index is 14.0. The fourth-order valence-electron chi connectivity index (χ4n) is 2.25. The van der Waals surface area contributed by atoms with Crippen LogP contribution < -0.4 is 0 Å². The highest BCUT2D eigenvalue weighted by molar-refractivity contribution is 8.00. The molecule has 0 saturated carbocycles.